The van der Waals surface area contributed by atoms with Crippen LogP contribution in [0.1, 0.15) is 36.6 Å². The summed E-state index contributed by atoms with van der Waals surface area (Å²) >= 11 is 6.17. The molecular formula is C14H18ClN3. The first kappa shape index (κ1) is 13.1. The number of nitrogens with zero attached hydrogens (tertiary/aromatic N) is 2. The Kier molecular flexibility index (Phi) is 4.04. The highest BCUT2D eigenvalue weighted by molar-refractivity contribution is 6.31. The molecule has 0 aliphatic rings. The van der Waals surface area contributed by atoms with Gasteiger partial charge in [0, 0.05) is 13.0 Å². The zero-order chi connectivity index (χ0) is 13.1. The average molecular weight is 264 g/mol. The molecule has 2 unspecified atom stereocenters. The normalized spacial score (nSPS) is 14.4. The summed E-state index contributed by atoms with van der Waals surface area (Å²) in [6.45, 7) is 2.14. The van der Waals surface area contributed by atoms with Gasteiger partial charge in [-0.1, -0.05) is 48.9 Å². The summed E-state index contributed by atoms with van der Waals surface area (Å²) in [6, 6.07) is 10.2. The van der Waals surface area contributed by atoms with Gasteiger partial charge in [-0.3, -0.25) is 4.68 Å². The van der Waals surface area contributed by atoms with E-state index in [0.29, 0.717) is 5.02 Å². The third kappa shape index (κ3) is 2.42. The van der Waals surface area contributed by atoms with E-state index in [9.17, 15) is 0 Å². The number of rotatable bonds is 4. The maximum atomic E-state index is 6.38. The van der Waals surface area contributed by atoms with Crippen LogP contribution in [0, 0.1) is 0 Å². The van der Waals surface area contributed by atoms with E-state index in [1.807, 2.05) is 25.2 Å². The molecule has 0 radical (unpaired) electrons. The van der Waals surface area contributed by atoms with Crippen LogP contribution in [0.5, 0.6) is 0 Å². The van der Waals surface area contributed by atoms with Crippen molar-refractivity contribution in [2.75, 3.05) is 0 Å². The summed E-state index contributed by atoms with van der Waals surface area (Å²) in [5, 5.41) is 4.79. The van der Waals surface area contributed by atoms with Gasteiger partial charge in [-0.15, -0.1) is 0 Å². The van der Waals surface area contributed by atoms with E-state index in [2.05, 4.69) is 24.2 Å². The number of aryl methyl sites for hydroxylation is 1. The van der Waals surface area contributed by atoms with Crippen molar-refractivity contribution in [3.63, 3.8) is 0 Å². The lowest BCUT2D eigenvalue weighted by Crippen LogP contribution is -2.22. The predicted octanol–water partition coefficient (Wildman–Crippen LogP) is 3.27. The minimum atomic E-state index is -0.141. The monoisotopic (exact) mass is 263 g/mol. The van der Waals surface area contributed by atoms with Crippen LogP contribution in [0.25, 0.3) is 0 Å². The topological polar surface area (TPSA) is 43.8 Å². The fourth-order valence-electron chi connectivity index (χ4n) is 2.38. The highest BCUT2D eigenvalue weighted by Crippen LogP contribution is 2.34. The molecule has 1 heterocycles. The number of hydrogen-bond acceptors (Lipinski definition) is 2. The van der Waals surface area contributed by atoms with Crippen molar-refractivity contribution in [1.82, 2.24) is 9.78 Å². The third-order valence-corrected chi connectivity index (χ3v) is 3.65. The first-order valence-electron chi connectivity index (χ1n) is 6.13. The molecule has 3 nitrogen and oxygen atoms in total. The molecule has 4 heteroatoms. The Morgan fingerprint density at radius 3 is 2.50 bits per heavy atom. The van der Waals surface area contributed by atoms with Crippen molar-refractivity contribution in [3.8, 4) is 0 Å². The second-order valence-electron chi connectivity index (χ2n) is 4.45. The van der Waals surface area contributed by atoms with Crippen LogP contribution in [-0.4, -0.2) is 9.78 Å². The molecule has 2 rings (SSSR count). The van der Waals surface area contributed by atoms with E-state index in [1.165, 1.54) is 5.56 Å². The van der Waals surface area contributed by atoms with E-state index in [4.69, 9.17) is 17.3 Å². The van der Waals surface area contributed by atoms with Crippen molar-refractivity contribution in [2.24, 2.45) is 12.8 Å². The smallest absolute Gasteiger partial charge is 0.0834 e. The molecule has 2 atom stereocenters. The molecule has 0 spiro atoms. The van der Waals surface area contributed by atoms with E-state index >= 15 is 0 Å². The third-order valence-electron chi connectivity index (χ3n) is 3.35. The second-order valence-corrected chi connectivity index (χ2v) is 4.86. The van der Waals surface area contributed by atoms with E-state index in [-0.39, 0.29) is 12.0 Å². The van der Waals surface area contributed by atoms with Crippen LogP contribution in [0.3, 0.4) is 0 Å². The number of aromatic nitrogens is 2. The fraction of sp³-hybridized carbons (Fsp3) is 0.357. The first-order chi connectivity index (χ1) is 8.65. The molecule has 18 heavy (non-hydrogen) atoms. The minimum absolute atomic E-state index is 0.141. The maximum absolute atomic E-state index is 6.38. The predicted molar refractivity (Wildman–Crippen MR) is 74.6 cm³/mol. The van der Waals surface area contributed by atoms with Crippen molar-refractivity contribution in [3.05, 3.63) is 52.8 Å². The Bertz CT molecular complexity index is 488. The minimum Gasteiger partial charge on any atom is -0.322 e. The van der Waals surface area contributed by atoms with Crippen molar-refractivity contribution >= 4 is 11.6 Å². The molecule has 2 aromatic rings. The summed E-state index contributed by atoms with van der Waals surface area (Å²) < 4.78 is 1.76. The van der Waals surface area contributed by atoms with Gasteiger partial charge in [0.1, 0.15) is 0 Å². The molecule has 0 bridgehead atoms. The van der Waals surface area contributed by atoms with E-state index < -0.39 is 0 Å². The van der Waals surface area contributed by atoms with Gasteiger partial charge in [-0.25, -0.2) is 0 Å². The standard InChI is InChI=1S/C14H18ClN3/c1-3-11(10-7-5-4-6-8-10)13(16)14-12(15)9-17-18(14)2/h4-9,11,13H,3,16H2,1-2H3. The lowest BCUT2D eigenvalue weighted by atomic mass is 9.88. The molecule has 1 aromatic carbocycles. The van der Waals surface area contributed by atoms with Gasteiger partial charge in [0.25, 0.3) is 0 Å². The molecule has 0 aliphatic heterocycles. The van der Waals surface area contributed by atoms with Gasteiger partial charge < -0.3 is 5.73 Å². The van der Waals surface area contributed by atoms with Crippen molar-refractivity contribution in [1.29, 1.82) is 0 Å². The Balaban J connectivity index is 2.34. The van der Waals surface area contributed by atoms with Crippen LogP contribution in [0.2, 0.25) is 5.02 Å². The summed E-state index contributed by atoms with van der Waals surface area (Å²) in [5.41, 5.74) is 8.52. The van der Waals surface area contributed by atoms with Gasteiger partial charge in [0.15, 0.2) is 0 Å². The van der Waals surface area contributed by atoms with Gasteiger partial charge in [0.05, 0.1) is 23.0 Å². The van der Waals surface area contributed by atoms with Gasteiger partial charge >= 0.3 is 0 Å². The molecule has 1 aromatic heterocycles. The first-order valence-corrected chi connectivity index (χ1v) is 6.50. The summed E-state index contributed by atoms with van der Waals surface area (Å²) in [6.07, 6.45) is 2.61. The molecule has 0 aliphatic carbocycles. The Labute approximate surface area is 113 Å². The quantitative estimate of drug-likeness (QED) is 0.920. The zero-order valence-corrected chi connectivity index (χ0v) is 11.4. The summed E-state index contributed by atoms with van der Waals surface area (Å²) in [7, 11) is 1.87. The highest BCUT2D eigenvalue weighted by atomic mass is 35.5. The Morgan fingerprint density at radius 2 is 2.00 bits per heavy atom. The van der Waals surface area contributed by atoms with E-state index in [1.54, 1.807) is 10.9 Å². The average Bonchev–Trinajstić information content (AvgIpc) is 2.71. The molecule has 0 fully saturated rings. The number of halogens is 1. The number of benzene rings is 1. The van der Waals surface area contributed by atoms with Gasteiger partial charge in [-0.2, -0.15) is 5.10 Å². The summed E-state index contributed by atoms with van der Waals surface area (Å²) in [5.74, 6) is 0.249. The highest BCUT2D eigenvalue weighted by Gasteiger charge is 2.24. The molecule has 96 valence electrons. The Morgan fingerprint density at radius 1 is 1.33 bits per heavy atom. The SMILES string of the molecule is CCC(c1ccccc1)C(N)c1c(Cl)cnn1C. The molecular weight excluding hydrogens is 246 g/mol. The van der Waals surface area contributed by atoms with Crippen LogP contribution >= 0.6 is 11.6 Å². The molecule has 0 saturated heterocycles. The number of nitrogens with two attached hydrogens (primary N) is 1. The zero-order valence-electron chi connectivity index (χ0n) is 10.7. The van der Waals surface area contributed by atoms with Gasteiger partial charge in [0.2, 0.25) is 0 Å². The Hall–Kier alpha value is -1.32. The fourth-order valence-corrected chi connectivity index (χ4v) is 2.67. The summed E-state index contributed by atoms with van der Waals surface area (Å²) in [4.78, 5) is 0. The molecule has 0 amide bonds. The number of hydrogen-bond donors (Lipinski definition) is 1. The molecule has 0 saturated carbocycles. The molecule has 2 N–H and O–H groups in total. The van der Waals surface area contributed by atoms with Crippen LogP contribution in [-0.2, 0) is 7.05 Å². The van der Waals surface area contributed by atoms with Crippen LogP contribution in [0.15, 0.2) is 36.5 Å². The maximum Gasteiger partial charge on any atom is 0.0834 e. The largest absolute Gasteiger partial charge is 0.322 e. The van der Waals surface area contributed by atoms with Crippen LogP contribution in [0.4, 0.5) is 0 Å². The van der Waals surface area contributed by atoms with E-state index in [0.717, 1.165) is 12.1 Å². The van der Waals surface area contributed by atoms with Crippen LogP contribution < -0.4 is 5.73 Å². The van der Waals surface area contributed by atoms with Gasteiger partial charge in [-0.05, 0) is 12.0 Å². The van der Waals surface area contributed by atoms with Crippen molar-refractivity contribution < 1.29 is 0 Å². The lowest BCUT2D eigenvalue weighted by Gasteiger charge is -2.23. The van der Waals surface area contributed by atoms with Crippen molar-refractivity contribution in [2.45, 2.75) is 25.3 Å². The second kappa shape index (κ2) is 5.55. The lowest BCUT2D eigenvalue weighted by molar-refractivity contribution is 0.503.